The van der Waals surface area contributed by atoms with Gasteiger partial charge in [0.1, 0.15) is 23.1 Å². The fourth-order valence-corrected chi connectivity index (χ4v) is 7.08. The fourth-order valence-electron chi connectivity index (χ4n) is 7.08. The van der Waals surface area contributed by atoms with Crippen LogP contribution in [0.5, 0.6) is 0 Å². The molecule has 0 aromatic carbocycles. The molecule has 2 aliphatic heterocycles. The van der Waals surface area contributed by atoms with Crippen molar-refractivity contribution in [3.8, 4) is 0 Å². The number of aliphatic hydroxyl groups excluding tert-OH is 1. The smallest absolute Gasteiger partial charge is 0.343 e. The maximum Gasteiger partial charge on any atom is 0.343 e. The van der Waals surface area contributed by atoms with E-state index < -0.39 is 11.2 Å². The van der Waals surface area contributed by atoms with Gasteiger partial charge in [-0.15, -0.1) is 5.73 Å². The molecule has 2 heterocycles. The van der Waals surface area contributed by atoms with E-state index in [1.54, 1.807) is 12.2 Å². The van der Waals surface area contributed by atoms with Crippen molar-refractivity contribution in [2.24, 2.45) is 10.8 Å². The average Bonchev–Trinajstić information content (AvgIpc) is 3.37. The van der Waals surface area contributed by atoms with Crippen LogP contribution in [0.15, 0.2) is 112 Å². The van der Waals surface area contributed by atoms with Gasteiger partial charge in [-0.05, 0) is 93.7 Å². The molecule has 1 saturated carbocycles. The van der Waals surface area contributed by atoms with Gasteiger partial charge in [-0.1, -0.05) is 64.2 Å². The lowest BCUT2D eigenvalue weighted by atomic mass is 9.63. The van der Waals surface area contributed by atoms with Crippen LogP contribution in [-0.4, -0.2) is 40.5 Å². The Labute approximate surface area is 268 Å². The van der Waals surface area contributed by atoms with Gasteiger partial charge in [0.15, 0.2) is 0 Å². The molecule has 240 valence electrons. The monoisotopic (exact) mass is 612 g/mol. The highest BCUT2D eigenvalue weighted by Crippen LogP contribution is 2.66. The molecule has 2 fully saturated rings. The van der Waals surface area contributed by atoms with Crippen LogP contribution in [0.25, 0.3) is 0 Å². The van der Waals surface area contributed by atoms with Gasteiger partial charge in [0.2, 0.25) is 0 Å². The minimum absolute atomic E-state index is 0.149. The molecular formula is C39H48O6. The van der Waals surface area contributed by atoms with Gasteiger partial charge in [0.05, 0.1) is 11.7 Å². The zero-order chi connectivity index (χ0) is 33.2. The highest BCUT2D eigenvalue weighted by molar-refractivity contribution is 5.95. The molecule has 0 bridgehead atoms. The average molecular weight is 613 g/mol. The highest BCUT2D eigenvalue weighted by atomic mass is 16.6. The molecule has 4 atom stereocenters. The Morgan fingerprint density at radius 1 is 1.00 bits per heavy atom. The molecule has 1 N–H and O–H groups in total. The number of carbonyl (C=O) groups excluding carboxylic acids is 2. The van der Waals surface area contributed by atoms with E-state index in [1.807, 2.05) is 88.5 Å². The molecule has 6 nitrogen and oxygen atoms in total. The maximum atomic E-state index is 12.5. The van der Waals surface area contributed by atoms with Gasteiger partial charge < -0.3 is 19.3 Å². The first-order valence-corrected chi connectivity index (χ1v) is 15.7. The Morgan fingerprint density at radius 3 is 2.29 bits per heavy atom. The molecule has 2 aliphatic carbocycles. The minimum Gasteiger partial charge on any atom is -0.458 e. The lowest BCUT2D eigenvalue weighted by molar-refractivity contribution is -0.145. The van der Waals surface area contributed by atoms with E-state index in [9.17, 15) is 14.7 Å². The third-order valence-electron chi connectivity index (χ3n) is 9.15. The van der Waals surface area contributed by atoms with Crippen LogP contribution in [0.4, 0.5) is 0 Å². The molecule has 6 heteroatoms. The van der Waals surface area contributed by atoms with E-state index in [0.29, 0.717) is 24.2 Å². The molecule has 0 radical (unpaired) electrons. The molecule has 0 spiro atoms. The number of epoxide rings is 1. The quantitative estimate of drug-likeness (QED) is 0.129. The highest BCUT2D eigenvalue weighted by Gasteiger charge is 2.74. The van der Waals surface area contributed by atoms with Crippen molar-refractivity contribution in [2.75, 3.05) is 0 Å². The topological polar surface area (TPSA) is 85.4 Å². The summed E-state index contributed by atoms with van der Waals surface area (Å²) < 4.78 is 17.1. The first-order chi connectivity index (χ1) is 21.0. The second kappa shape index (κ2) is 13.0. The molecule has 4 unspecified atom stereocenters. The summed E-state index contributed by atoms with van der Waals surface area (Å²) in [5.74, 6) is -0.143. The van der Waals surface area contributed by atoms with E-state index >= 15 is 0 Å². The van der Waals surface area contributed by atoms with Gasteiger partial charge in [-0.25, -0.2) is 4.79 Å². The molecule has 45 heavy (non-hydrogen) atoms. The number of esters is 2. The number of rotatable bonds is 8. The summed E-state index contributed by atoms with van der Waals surface area (Å²) in [5.41, 5.74) is 6.85. The number of fused-ring (bicyclic) bond motifs is 1. The Balaban J connectivity index is 1.35. The van der Waals surface area contributed by atoms with Gasteiger partial charge in [-0.2, -0.15) is 0 Å². The van der Waals surface area contributed by atoms with Crippen LogP contribution in [0.3, 0.4) is 0 Å². The fraction of sp³-hybridized carbons (Fsp3) is 0.462. The Morgan fingerprint density at radius 2 is 1.67 bits per heavy atom. The van der Waals surface area contributed by atoms with E-state index in [4.69, 9.17) is 14.2 Å². The molecule has 0 aromatic heterocycles. The zero-order valence-corrected chi connectivity index (χ0v) is 28.2. The van der Waals surface area contributed by atoms with Crippen LogP contribution in [0.1, 0.15) is 81.6 Å². The number of cyclic esters (lactones) is 1. The van der Waals surface area contributed by atoms with Crippen molar-refractivity contribution >= 4 is 11.9 Å². The molecule has 4 aliphatic rings. The van der Waals surface area contributed by atoms with Crippen molar-refractivity contribution in [1.82, 2.24) is 0 Å². The van der Waals surface area contributed by atoms with Crippen molar-refractivity contribution in [3.63, 3.8) is 0 Å². The van der Waals surface area contributed by atoms with Crippen LogP contribution < -0.4 is 0 Å². The first kappa shape index (κ1) is 34.2. The lowest BCUT2D eigenvalue weighted by Gasteiger charge is -2.39. The van der Waals surface area contributed by atoms with E-state index in [0.717, 1.165) is 28.7 Å². The summed E-state index contributed by atoms with van der Waals surface area (Å²) in [7, 11) is 0. The summed E-state index contributed by atoms with van der Waals surface area (Å²) in [5, 5.41) is 10.3. The number of allylic oxidation sites excluding steroid dienone is 12. The van der Waals surface area contributed by atoms with Crippen LogP contribution >= 0.6 is 0 Å². The van der Waals surface area contributed by atoms with Crippen molar-refractivity contribution in [1.29, 1.82) is 0 Å². The standard InChI is InChI=1S/C39H48O6/c1-26(16-17-34-28(3)21-33(43-29(4)40)25-36(34,5)6)14-12-10-11-13-15-27(2)20-32-22-30(35(42)44-32)18-19-39-37(7,8)23-31(41)24-38(39,9)45-39/h10-16,18-22,31,33,41H,23-25H2,1-9H3. The first-order valence-electron chi connectivity index (χ1n) is 15.7. The van der Waals surface area contributed by atoms with E-state index in [-0.39, 0.29) is 35.0 Å². The molecule has 0 amide bonds. The largest absolute Gasteiger partial charge is 0.458 e. The van der Waals surface area contributed by atoms with Crippen molar-refractivity contribution < 1.29 is 28.9 Å². The summed E-state index contributed by atoms with van der Waals surface area (Å²) in [6, 6.07) is 0. The number of hydrogen-bond donors (Lipinski definition) is 1. The van der Waals surface area contributed by atoms with Crippen LogP contribution in [0.2, 0.25) is 0 Å². The third-order valence-corrected chi connectivity index (χ3v) is 9.15. The predicted molar refractivity (Wildman–Crippen MR) is 178 cm³/mol. The lowest BCUT2D eigenvalue weighted by Crippen LogP contribution is -2.46. The van der Waals surface area contributed by atoms with Gasteiger partial charge in [0.25, 0.3) is 0 Å². The van der Waals surface area contributed by atoms with Crippen LogP contribution in [0, 0.1) is 10.8 Å². The minimum atomic E-state index is -0.498. The maximum absolute atomic E-state index is 12.5. The Bertz CT molecular complexity index is 1540. The summed E-state index contributed by atoms with van der Waals surface area (Å²) in [6.07, 6.45) is 24.5. The Hall–Kier alpha value is -3.70. The Kier molecular flexibility index (Phi) is 9.84. The van der Waals surface area contributed by atoms with Crippen molar-refractivity contribution in [2.45, 2.75) is 105 Å². The molecular weight excluding hydrogens is 564 g/mol. The summed E-state index contributed by atoms with van der Waals surface area (Å²) in [6.45, 7) is 18.0. The van der Waals surface area contributed by atoms with Gasteiger partial charge in [0, 0.05) is 29.7 Å². The van der Waals surface area contributed by atoms with E-state index in [2.05, 4.69) is 33.4 Å². The van der Waals surface area contributed by atoms with Gasteiger partial charge in [-0.3, -0.25) is 4.79 Å². The number of carbonyl (C=O) groups is 2. The third kappa shape index (κ3) is 7.76. The van der Waals surface area contributed by atoms with Crippen LogP contribution in [-0.2, 0) is 23.8 Å². The van der Waals surface area contributed by atoms with E-state index in [1.165, 1.54) is 6.92 Å². The SMILES string of the molecule is CC(=O)OC1C=C(C)C(=C=CC(C)=CC=CC=CC=C(C)C=C2C=C(C=CC34OC3(C)CC(O)CC4(C)C)C(=O)O2)C(C)(C)C1. The van der Waals surface area contributed by atoms with Gasteiger partial charge >= 0.3 is 11.9 Å². The normalized spacial score (nSPS) is 32.0. The zero-order valence-electron chi connectivity index (χ0n) is 28.2. The predicted octanol–water partition coefficient (Wildman–Crippen LogP) is 8.01. The van der Waals surface area contributed by atoms with Crippen molar-refractivity contribution in [3.05, 3.63) is 112 Å². The number of ether oxygens (including phenoxy) is 3. The second-order valence-corrected chi connectivity index (χ2v) is 14.2. The summed E-state index contributed by atoms with van der Waals surface area (Å²) in [4.78, 5) is 23.9. The molecule has 0 aromatic rings. The second-order valence-electron chi connectivity index (χ2n) is 14.2. The number of aliphatic hydroxyl groups is 1. The molecule has 1 saturated heterocycles. The number of hydrogen-bond acceptors (Lipinski definition) is 6. The molecule has 4 rings (SSSR count). The summed E-state index contributed by atoms with van der Waals surface area (Å²) >= 11 is 0.